The Bertz CT molecular complexity index is 133. The van der Waals surface area contributed by atoms with Gasteiger partial charge in [-0.15, -0.1) is 0 Å². The van der Waals surface area contributed by atoms with Crippen molar-refractivity contribution in [3.63, 3.8) is 0 Å². The standard InChI is InChI=1S/C7H10Br2F2/c8-6-4-2-1-3-5(6)7(9,10)11/h5-6H,1-4H2/t5-,6+/m0/s1. The van der Waals surface area contributed by atoms with E-state index < -0.39 is 10.7 Å². The summed E-state index contributed by atoms with van der Waals surface area (Å²) in [5, 5.41) is 0. The minimum absolute atomic E-state index is 0.0226. The van der Waals surface area contributed by atoms with Gasteiger partial charge in [-0.3, -0.25) is 0 Å². The van der Waals surface area contributed by atoms with Crippen molar-refractivity contribution in [1.82, 2.24) is 0 Å². The molecule has 4 heteroatoms. The molecule has 11 heavy (non-hydrogen) atoms. The molecule has 2 atom stereocenters. The monoisotopic (exact) mass is 290 g/mol. The summed E-state index contributed by atoms with van der Waals surface area (Å²) in [5.74, 6) is -0.531. The molecular weight excluding hydrogens is 282 g/mol. The highest BCUT2D eigenvalue weighted by molar-refractivity contribution is 9.10. The van der Waals surface area contributed by atoms with Crippen LogP contribution >= 0.6 is 31.9 Å². The predicted molar refractivity (Wildman–Crippen MR) is 48.5 cm³/mol. The van der Waals surface area contributed by atoms with Gasteiger partial charge in [-0.2, -0.15) is 8.78 Å². The molecule has 0 N–H and O–H groups in total. The topological polar surface area (TPSA) is 0 Å². The minimum Gasteiger partial charge on any atom is -0.193 e. The molecule has 0 aromatic rings. The lowest BCUT2D eigenvalue weighted by Gasteiger charge is -2.30. The highest BCUT2D eigenvalue weighted by Crippen LogP contribution is 2.43. The molecule has 0 nitrogen and oxygen atoms in total. The van der Waals surface area contributed by atoms with Crippen molar-refractivity contribution in [1.29, 1.82) is 0 Å². The largest absolute Gasteiger partial charge is 0.305 e. The third-order valence-corrected chi connectivity index (χ3v) is 3.79. The molecule has 0 unspecified atom stereocenters. The minimum atomic E-state index is -2.69. The van der Waals surface area contributed by atoms with Gasteiger partial charge in [0.25, 0.3) is 0 Å². The first-order chi connectivity index (χ1) is 5.02. The lowest BCUT2D eigenvalue weighted by Crippen LogP contribution is -2.31. The van der Waals surface area contributed by atoms with Crippen LogP contribution in [0.25, 0.3) is 0 Å². The van der Waals surface area contributed by atoms with Gasteiger partial charge in [0.1, 0.15) is 0 Å². The number of hydrogen-bond acceptors (Lipinski definition) is 0. The lowest BCUT2D eigenvalue weighted by atomic mass is 9.89. The van der Waals surface area contributed by atoms with Gasteiger partial charge >= 0.3 is 4.83 Å². The van der Waals surface area contributed by atoms with Crippen LogP contribution in [0.2, 0.25) is 0 Å². The second-order valence-electron chi connectivity index (χ2n) is 2.95. The predicted octanol–water partition coefficient (Wildman–Crippen LogP) is 3.93. The van der Waals surface area contributed by atoms with Gasteiger partial charge in [0.05, 0.1) is 0 Å². The summed E-state index contributed by atoms with van der Waals surface area (Å²) in [4.78, 5) is -2.72. The van der Waals surface area contributed by atoms with Crippen LogP contribution in [-0.2, 0) is 0 Å². The first-order valence-corrected chi connectivity index (χ1v) is 5.43. The van der Waals surface area contributed by atoms with E-state index in [4.69, 9.17) is 0 Å². The molecule has 0 radical (unpaired) electrons. The fourth-order valence-corrected chi connectivity index (χ4v) is 3.28. The molecule has 0 amide bonds. The zero-order valence-electron chi connectivity index (χ0n) is 5.99. The fourth-order valence-electron chi connectivity index (χ4n) is 1.45. The normalized spacial score (nSPS) is 33.8. The average Bonchev–Trinajstić information content (AvgIpc) is 1.86. The highest BCUT2D eigenvalue weighted by atomic mass is 79.9. The average molecular weight is 292 g/mol. The van der Waals surface area contributed by atoms with Crippen molar-refractivity contribution >= 4 is 31.9 Å². The van der Waals surface area contributed by atoms with E-state index in [9.17, 15) is 8.78 Å². The maximum atomic E-state index is 12.7. The second-order valence-corrected chi connectivity index (χ2v) is 5.18. The van der Waals surface area contributed by atoms with Crippen LogP contribution in [0.5, 0.6) is 0 Å². The van der Waals surface area contributed by atoms with E-state index in [0.29, 0.717) is 6.42 Å². The van der Waals surface area contributed by atoms with Crippen LogP contribution < -0.4 is 0 Å². The zero-order chi connectivity index (χ0) is 8.48. The van der Waals surface area contributed by atoms with Crippen molar-refractivity contribution in [2.45, 2.75) is 35.3 Å². The van der Waals surface area contributed by atoms with E-state index in [1.54, 1.807) is 0 Å². The Balaban J connectivity index is 2.55. The first kappa shape index (κ1) is 9.90. The molecule has 0 aliphatic heterocycles. The lowest BCUT2D eigenvalue weighted by molar-refractivity contribution is 0.0316. The molecule has 0 aromatic heterocycles. The molecular formula is C7H10Br2F2. The number of hydrogen-bond donors (Lipinski definition) is 0. The van der Waals surface area contributed by atoms with Gasteiger partial charge in [0, 0.05) is 10.7 Å². The van der Waals surface area contributed by atoms with Gasteiger partial charge in [0.2, 0.25) is 0 Å². The van der Waals surface area contributed by atoms with Gasteiger partial charge in [-0.25, -0.2) is 0 Å². The van der Waals surface area contributed by atoms with Gasteiger partial charge in [-0.05, 0) is 28.8 Å². The Labute approximate surface area is 82.0 Å². The third-order valence-electron chi connectivity index (χ3n) is 2.10. The molecule has 1 saturated carbocycles. The van der Waals surface area contributed by atoms with Crippen LogP contribution in [0.1, 0.15) is 25.7 Å². The van der Waals surface area contributed by atoms with Crippen LogP contribution in [0.15, 0.2) is 0 Å². The maximum absolute atomic E-state index is 12.7. The Hall–Kier alpha value is 0.820. The Kier molecular flexibility index (Phi) is 3.32. The molecule has 0 saturated heterocycles. The van der Waals surface area contributed by atoms with Crippen LogP contribution in [0.4, 0.5) is 8.78 Å². The third kappa shape index (κ3) is 2.65. The van der Waals surface area contributed by atoms with Crippen molar-refractivity contribution < 1.29 is 8.78 Å². The van der Waals surface area contributed by atoms with Gasteiger partial charge in [-0.1, -0.05) is 28.8 Å². The molecule has 0 aromatic carbocycles. The molecule has 1 fully saturated rings. The van der Waals surface area contributed by atoms with E-state index in [2.05, 4.69) is 31.9 Å². The molecule has 1 aliphatic carbocycles. The maximum Gasteiger partial charge on any atom is 0.305 e. The summed E-state index contributed by atoms with van der Waals surface area (Å²) in [5.41, 5.74) is 0. The van der Waals surface area contributed by atoms with Crippen molar-refractivity contribution in [2.75, 3.05) is 0 Å². The van der Waals surface area contributed by atoms with Crippen molar-refractivity contribution in [3.05, 3.63) is 0 Å². The van der Waals surface area contributed by atoms with E-state index in [-0.39, 0.29) is 4.83 Å². The summed E-state index contributed by atoms with van der Waals surface area (Å²) in [6.45, 7) is 0. The Morgan fingerprint density at radius 3 is 2.09 bits per heavy atom. The second kappa shape index (κ2) is 3.69. The van der Waals surface area contributed by atoms with Crippen LogP contribution in [-0.4, -0.2) is 9.66 Å². The highest BCUT2D eigenvalue weighted by Gasteiger charge is 2.41. The Morgan fingerprint density at radius 1 is 1.18 bits per heavy atom. The zero-order valence-corrected chi connectivity index (χ0v) is 9.17. The first-order valence-electron chi connectivity index (χ1n) is 3.72. The van der Waals surface area contributed by atoms with Crippen molar-refractivity contribution in [3.8, 4) is 0 Å². The Morgan fingerprint density at radius 2 is 1.73 bits per heavy atom. The molecule has 0 spiro atoms. The molecule has 1 rings (SSSR count). The fraction of sp³-hybridized carbons (Fsp3) is 1.00. The summed E-state index contributed by atoms with van der Waals surface area (Å²) in [7, 11) is 0. The van der Waals surface area contributed by atoms with E-state index >= 15 is 0 Å². The number of alkyl halides is 4. The van der Waals surface area contributed by atoms with E-state index in [1.165, 1.54) is 0 Å². The van der Waals surface area contributed by atoms with E-state index in [1.807, 2.05) is 0 Å². The SMILES string of the molecule is FC(F)(Br)[C@H]1CCCC[C@H]1Br. The summed E-state index contributed by atoms with van der Waals surface area (Å²) < 4.78 is 25.5. The van der Waals surface area contributed by atoms with Gasteiger partial charge < -0.3 is 0 Å². The molecule has 0 heterocycles. The smallest absolute Gasteiger partial charge is 0.193 e. The molecule has 0 bridgehead atoms. The van der Waals surface area contributed by atoms with Crippen LogP contribution in [0.3, 0.4) is 0 Å². The van der Waals surface area contributed by atoms with E-state index in [0.717, 1.165) is 19.3 Å². The number of rotatable bonds is 1. The molecule has 1 aliphatic rings. The van der Waals surface area contributed by atoms with Gasteiger partial charge in [0.15, 0.2) is 0 Å². The summed E-state index contributed by atoms with van der Waals surface area (Å²) >= 11 is 5.70. The molecule has 66 valence electrons. The van der Waals surface area contributed by atoms with Crippen molar-refractivity contribution in [2.24, 2.45) is 5.92 Å². The number of halogens is 4. The van der Waals surface area contributed by atoms with Crippen LogP contribution in [0, 0.1) is 5.92 Å². The quantitative estimate of drug-likeness (QED) is 0.642. The summed E-state index contributed by atoms with van der Waals surface area (Å²) in [6, 6.07) is 0. The summed E-state index contributed by atoms with van der Waals surface area (Å²) in [6.07, 6.45) is 3.48.